The number of amides is 1. The molecule has 0 saturated carbocycles. The molecule has 2 N–H and O–H groups in total. The van der Waals surface area contributed by atoms with E-state index in [1.807, 2.05) is 0 Å². The van der Waals surface area contributed by atoms with E-state index in [9.17, 15) is 9.59 Å². The second-order valence-electron chi connectivity index (χ2n) is 2.43. The largest absolute Gasteiger partial charge is 0.478 e. The first kappa shape index (κ1) is 11.5. The molecule has 0 aromatic rings. The molecular formula is C8H13NO4. The molecule has 1 amide bonds. The van der Waals surface area contributed by atoms with Gasteiger partial charge in [-0.25, -0.2) is 9.59 Å². The van der Waals surface area contributed by atoms with Gasteiger partial charge in [-0.2, -0.15) is 0 Å². The van der Waals surface area contributed by atoms with Gasteiger partial charge in [0.25, 0.3) is 0 Å². The zero-order valence-electron chi connectivity index (χ0n) is 7.50. The van der Waals surface area contributed by atoms with Crippen molar-refractivity contribution in [3.8, 4) is 0 Å². The van der Waals surface area contributed by atoms with Gasteiger partial charge < -0.3 is 15.2 Å². The van der Waals surface area contributed by atoms with Crippen LogP contribution in [0.5, 0.6) is 0 Å². The number of alkyl carbamates (subject to hydrolysis) is 1. The minimum atomic E-state index is -1.00. The lowest BCUT2D eigenvalue weighted by Gasteiger charge is -2.02. The van der Waals surface area contributed by atoms with Crippen molar-refractivity contribution >= 4 is 12.1 Å². The molecule has 74 valence electrons. The zero-order chi connectivity index (χ0) is 10.3. The van der Waals surface area contributed by atoms with Crippen LogP contribution < -0.4 is 5.32 Å². The maximum Gasteiger partial charge on any atom is 0.406 e. The summed E-state index contributed by atoms with van der Waals surface area (Å²) in [4.78, 5) is 20.8. The summed E-state index contributed by atoms with van der Waals surface area (Å²) < 4.78 is 4.32. The van der Waals surface area contributed by atoms with Crippen molar-refractivity contribution in [2.45, 2.75) is 12.8 Å². The molecule has 5 heteroatoms. The fourth-order valence-corrected chi connectivity index (χ4v) is 0.671. The van der Waals surface area contributed by atoms with E-state index in [2.05, 4.69) is 16.6 Å². The molecule has 0 saturated heterocycles. The van der Waals surface area contributed by atoms with Crippen molar-refractivity contribution < 1.29 is 19.4 Å². The van der Waals surface area contributed by atoms with Crippen LogP contribution in [0.15, 0.2) is 12.2 Å². The lowest BCUT2D eigenvalue weighted by molar-refractivity contribution is -0.132. The Labute approximate surface area is 76.4 Å². The molecule has 0 bridgehead atoms. The van der Waals surface area contributed by atoms with Gasteiger partial charge in [0.1, 0.15) is 0 Å². The van der Waals surface area contributed by atoms with Gasteiger partial charge in [-0.05, 0) is 12.8 Å². The lowest BCUT2D eigenvalue weighted by atomic mass is 10.2. The van der Waals surface area contributed by atoms with Gasteiger partial charge in [0.2, 0.25) is 0 Å². The Hall–Kier alpha value is -1.52. The standard InChI is InChI=1S/C8H13NO4/c1-6(7(10)11)4-3-5-9-8(12)13-2/h1,3-5H2,2H3,(H,9,12)(H,10,11). The summed E-state index contributed by atoms with van der Waals surface area (Å²) >= 11 is 0. The number of nitrogens with one attached hydrogen (secondary N) is 1. The molecular weight excluding hydrogens is 174 g/mol. The van der Waals surface area contributed by atoms with Gasteiger partial charge in [0.15, 0.2) is 0 Å². The molecule has 0 radical (unpaired) electrons. The molecule has 0 rings (SSSR count). The molecule has 0 atom stereocenters. The van der Waals surface area contributed by atoms with Crippen LogP contribution in [0.2, 0.25) is 0 Å². The molecule has 0 aliphatic carbocycles. The maximum absolute atomic E-state index is 10.5. The van der Waals surface area contributed by atoms with Gasteiger partial charge in [-0.1, -0.05) is 6.58 Å². The zero-order valence-corrected chi connectivity index (χ0v) is 7.50. The number of carbonyl (C=O) groups excluding carboxylic acids is 1. The van der Waals surface area contributed by atoms with Crippen LogP contribution >= 0.6 is 0 Å². The minimum Gasteiger partial charge on any atom is -0.478 e. The van der Waals surface area contributed by atoms with Gasteiger partial charge in [0, 0.05) is 12.1 Å². The summed E-state index contributed by atoms with van der Waals surface area (Å²) in [6.07, 6.45) is 0.389. The summed E-state index contributed by atoms with van der Waals surface area (Å²) in [6, 6.07) is 0. The lowest BCUT2D eigenvalue weighted by Crippen LogP contribution is -2.24. The molecule has 13 heavy (non-hydrogen) atoms. The summed E-state index contributed by atoms with van der Waals surface area (Å²) in [5.41, 5.74) is 0.145. The molecule has 5 nitrogen and oxygen atoms in total. The van der Waals surface area contributed by atoms with Crippen molar-refractivity contribution in [2.75, 3.05) is 13.7 Å². The fourth-order valence-electron chi connectivity index (χ4n) is 0.671. The normalized spacial score (nSPS) is 9.00. The van der Waals surface area contributed by atoms with Crippen molar-refractivity contribution in [3.63, 3.8) is 0 Å². The highest BCUT2D eigenvalue weighted by Crippen LogP contribution is 2.00. The van der Waals surface area contributed by atoms with E-state index in [4.69, 9.17) is 5.11 Å². The van der Waals surface area contributed by atoms with Crippen LogP contribution in [0.4, 0.5) is 4.79 Å². The first-order valence-electron chi connectivity index (χ1n) is 3.80. The number of hydrogen-bond donors (Lipinski definition) is 2. The Balaban J connectivity index is 3.41. The first-order chi connectivity index (χ1) is 6.07. The quantitative estimate of drug-likeness (QED) is 0.492. The van der Waals surface area contributed by atoms with Crippen molar-refractivity contribution in [3.05, 3.63) is 12.2 Å². The number of rotatable bonds is 5. The van der Waals surface area contributed by atoms with E-state index in [0.29, 0.717) is 19.4 Å². The van der Waals surface area contributed by atoms with Crippen LogP contribution in [0.3, 0.4) is 0 Å². The van der Waals surface area contributed by atoms with Gasteiger partial charge >= 0.3 is 12.1 Å². The summed E-state index contributed by atoms with van der Waals surface area (Å²) in [5, 5.41) is 10.9. The number of hydrogen-bond acceptors (Lipinski definition) is 3. The maximum atomic E-state index is 10.5. The van der Waals surface area contributed by atoms with E-state index >= 15 is 0 Å². The molecule has 0 aromatic heterocycles. The number of methoxy groups -OCH3 is 1. The first-order valence-corrected chi connectivity index (χ1v) is 3.80. The van der Waals surface area contributed by atoms with Crippen LogP contribution in [0.1, 0.15) is 12.8 Å². The average molecular weight is 187 g/mol. The van der Waals surface area contributed by atoms with E-state index in [1.54, 1.807) is 0 Å². The second kappa shape index (κ2) is 6.05. The van der Waals surface area contributed by atoms with E-state index in [1.165, 1.54) is 7.11 Å². The molecule has 0 heterocycles. The van der Waals surface area contributed by atoms with Gasteiger partial charge in [-0.15, -0.1) is 0 Å². The third-order valence-corrected chi connectivity index (χ3v) is 1.41. The topological polar surface area (TPSA) is 75.6 Å². The Morgan fingerprint density at radius 1 is 1.54 bits per heavy atom. The molecule has 0 aliphatic rings. The Morgan fingerprint density at radius 2 is 2.15 bits per heavy atom. The predicted molar refractivity (Wildman–Crippen MR) is 46.4 cm³/mol. The third-order valence-electron chi connectivity index (χ3n) is 1.41. The number of carboxylic acids is 1. The van der Waals surface area contributed by atoms with Crippen molar-refractivity contribution in [2.24, 2.45) is 0 Å². The number of carboxylic acid groups (broad SMARTS) is 1. The molecule has 0 fully saturated rings. The predicted octanol–water partition coefficient (Wildman–Crippen LogP) is 0.763. The smallest absolute Gasteiger partial charge is 0.406 e. The average Bonchev–Trinajstić information content (AvgIpc) is 2.11. The summed E-state index contributed by atoms with van der Waals surface area (Å²) in [7, 11) is 1.27. The number of aliphatic carboxylic acids is 1. The highest BCUT2D eigenvalue weighted by Gasteiger charge is 2.03. The second-order valence-corrected chi connectivity index (χ2v) is 2.43. The third kappa shape index (κ3) is 5.72. The van der Waals surface area contributed by atoms with E-state index in [-0.39, 0.29) is 5.57 Å². The van der Waals surface area contributed by atoms with E-state index < -0.39 is 12.1 Å². The van der Waals surface area contributed by atoms with Crippen LogP contribution in [0, 0.1) is 0 Å². The molecule has 0 unspecified atom stereocenters. The van der Waals surface area contributed by atoms with Crippen LogP contribution in [0.25, 0.3) is 0 Å². The SMILES string of the molecule is C=C(CCCNC(=O)OC)C(=O)O. The van der Waals surface area contributed by atoms with Crippen molar-refractivity contribution in [1.82, 2.24) is 5.32 Å². The minimum absolute atomic E-state index is 0.145. The van der Waals surface area contributed by atoms with Crippen LogP contribution in [-0.4, -0.2) is 30.8 Å². The molecule has 0 aliphatic heterocycles. The summed E-state index contributed by atoms with van der Waals surface area (Å²) in [5.74, 6) is -1.00. The fraction of sp³-hybridized carbons (Fsp3) is 0.500. The summed E-state index contributed by atoms with van der Waals surface area (Å²) in [6.45, 7) is 3.74. The number of carbonyl (C=O) groups is 2. The van der Waals surface area contributed by atoms with E-state index in [0.717, 1.165) is 0 Å². The van der Waals surface area contributed by atoms with Gasteiger partial charge in [0.05, 0.1) is 7.11 Å². The molecule has 0 aromatic carbocycles. The van der Waals surface area contributed by atoms with Crippen LogP contribution in [-0.2, 0) is 9.53 Å². The van der Waals surface area contributed by atoms with Crippen molar-refractivity contribution in [1.29, 1.82) is 0 Å². The highest BCUT2D eigenvalue weighted by atomic mass is 16.5. The Kier molecular flexibility index (Phi) is 5.34. The highest BCUT2D eigenvalue weighted by molar-refractivity contribution is 5.85. The monoisotopic (exact) mass is 187 g/mol. The van der Waals surface area contributed by atoms with Gasteiger partial charge in [-0.3, -0.25) is 0 Å². The number of ether oxygens (including phenoxy) is 1. The Bertz CT molecular complexity index is 212. The molecule has 0 spiro atoms. The Morgan fingerprint density at radius 3 is 2.62 bits per heavy atom.